The SMILES string of the molecule is C=CCNC(=O)[C@@H](C)[NH+]1CCN(S(=O)(=O)c2ccc(Cl)c(Cl)c2)CC1. The molecule has 6 nitrogen and oxygen atoms in total. The molecule has 0 aliphatic carbocycles. The van der Waals surface area contributed by atoms with Gasteiger partial charge in [0, 0.05) is 6.54 Å². The van der Waals surface area contributed by atoms with Crippen molar-refractivity contribution in [2.75, 3.05) is 32.7 Å². The smallest absolute Gasteiger partial charge is 0.278 e. The van der Waals surface area contributed by atoms with Gasteiger partial charge in [-0.15, -0.1) is 6.58 Å². The summed E-state index contributed by atoms with van der Waals surface area (Å²) in [6, 6.07) is 4.05. The molecule has 25 heavy (non-hydrogen) atoms. The van der Waals surface area contributed by atoms with Gasteiger partial charge < -0.3 is 10.2 Å². The molecule has 1 aromatic carbocycles. The van der Waals surface area contributed by atoms with E-state index in [9.17, 15) is 13.2 Å². The molecule has 0 saturated carbocycles. The average Bonchev–Trinajstić information content (AvgIpc) is 2.61. The molecule has 1 fully saturated rings. The normalized spacial score (nSPS) is 17.9. The van der Waals surface area contributed by atoms with E-state index in [0.717, 1.165) is 4.90 Å². The number of hydrogen-bond acceptors (Lipinski definition) is 3. The molecule has 9 heteroatoms. The van der Waals surface area contributed by atoms with E-state index in [-0.39, 0.29) is 21.9 Å². The van der Waals surface area contributed by atoms with Crippen LogP contribution in [0.2, 0.25) is 10.0 Å². The van der Waals surface area contributed by atoms with E-state index in [1.807, 2.05) is 6.92 Å². The van der Waals surface area contributed by atoms with Crippen LogP contribution in [0.3, 0.4) is 0 Å². The van der Waals surface area contributed by atoms with Crippen LogP contribution in [0.1, 0.15) is 6.92 Å². The third-order valence-electron chi connectivity index (χ3n) is 4.32. The van der Waals surface area contributed by atoms with Crippen molar-refractivity contribution < 1.29 is 18.1 Å². The van der Waals surface area contributed by atoms with Crippen molar-refractivity contribution in [3.8, 4) is 0 Å². The number of rotatable bonds is 6. The van der Waals surface area contributed by atoms with Crippen LogP contribution in [0.4, 0.5) is 0 Å². The number of amides is 1. The fourth-order valence-electron chi connectivity index (χ4n) is 2.74. The second-order valence-corrected chi connectivity index (χ2v) is 8.65. The zero-order valence-corrected chi connectivity index (χ0v) is 16.3. The summed E-state index contributed by atoms with van der Waals surface area (Å²) >= 11 is 11.8. The van der Waals surface area contributed by atoms with Gasteiger partial charge in [-0.2, -0.15) is 4.31 Å². The van der Waals surface area contributed by atoms with Gasteiger partial charge in [0.25, 0.3) is 5.91 Å². The number of sulfonamides is 1. The van der Waals surface area contributed by atoms with Crippen molar-refractivity contribution in [3.05, 3.63) is 40.9 Å². The maximum atomic E-state index is 12.7. The molecule has 1 amide bonds. The fourth-order valence-corrected chi connectivity index (χ4v) is 4.58. The molecule has 1 aliphatic rings. The summed E-state index contributed by atoms with van der Waals surface area (Å²) in [5.41, 5.74) is 0. The first-order valence-electron chi connectivity index (χ1n) is 7.95. The largest absolute Gasteiger partial charge is 0.347 e. The Kier molecular flexibility index (Phi) is 6.87. The average molecular weight is 407 g/mol. The lowest BCUT2D eigenvalue weighted by molar-refractivity contribution is -0.917. The van der Waals surface area contributed by atoms with E-state index in [2.05, 4.69) is 11.9 Å². The summed E-state index contributed by atoms with van der Waals surface area (Å²) in [5.74, 6) is -0.0595. The van der Waals surface area contributed by atoms with Crippen LogP contribution in [-0.2, 0) is 14.8 Å². The first-order chi connectivity index (χ1) is 11.8. The number of hydrogen-bond donors (Lipinski definition) is 2. The fraction of sp³-hybridized carbons (Fsp3) is 0.438. The second-order valence-electron chi connectivity index (χ2n) is 5.89. The van der Waals surface area contributed by atoms with E-state index in [1.165, 1.54) is 22.5 Å². The highest BCUT2D eigenvalue weighted by molar-refractivity contribution is 7.89. The van der Waals surface area contributed by atoms with E-state index in [1.54, 1.807) is 6.08 Å². The molecule has 0 bridgehead atoms. The first-order valence-corrected chi connectivity index (χ1v) is 10.2. The van der Waals surface area contributed by atoms with Crippen LogP contribution < -0.4 is 10.2 Å². The van der Waals surface area contributed by atoms with E-state index >= 15 is 0 Å². The van der Waals surface area contributed by atoms with Crippen molar-refractivity contribution in [1.29, 1.82) is 0 Å². The Balaban J connectivity index is 2.02. The lowest BCUT2D eigenvalue weighted by Gasteiger charge is -2.34. The van der Waals surface area contributed by atoms with Crippen molar-refractivity contribution in [3.63, 3.8) is 0 Å². The van der Waals surface area contributed by atoms with Gasteiger partial charge in [-0.3, -0.25) is 4.79 Å². The highest BCUT2D eigenvalue weighted by Crippen LogP contribution is 2.26. The molecule has 0 unspecified atom stereocenters. The van der Waals surface area contributed by atoms with Crippen molar-refractivity contribution in [2.24, 2.45) is 0 Å². The van der Waals surface area contributed by atoms with Crippen molar-refractivity contribution >= 4 is 39.1 Å². The van der Waals surface area contributed by atoms with Crippen LogP contribution in [0.5, 0.6) is 0 Å². The van der Waals surface area contributed by atoms with Gasteiger partial charge in [0.15, 0.2) is 6.04 Å². The van der Waals surface area contributed by atoms with Gasteiger partial charge in [0.1, 0.15) is 0 Å². The molecule has 2 rings (SSSR count). The first kappa shape index (κ1) is 20.2. The molecular formula is C16H22Cl2N3O3S+. The summed E-state index contributed by atoms with van der Waals surface area (Å²) in [7, 11) is -3.62. The second kappa shape index (κ2) is 8.51. The molecule has 0 spiro atoms. The standard InChI is InChI=1S/C16H21Cl2N3O3S/c1-3-6-19-16(22)12(2)20-7-9-21(10-8-20)25(23,24)13-4-5-14(17)15(18)11-13/h3-5,11-12H,1,6-10H2,2H3,(H,19,22)/p+1/t12-/m1/s1. The lowest BCUT2D eigenvalue weighted by Crippen LogP contribution is -3.19. The summed E-state index contributed by atoms with van der Waals surface area (Å²) in [6.07, 6.45) is 1.63. The number of benzene rings is 1. The molecule has 1 aliphatic heterocycles. The Morgan fingerprint density at radius 2 is 2.00 bits per heavy atom. The third kappa shape index (κ3) is 4.74. The van der Waals surface area contributed by atoms with Crippen molar-refractivity contribution in [1.82, 2.24) is 9.62 Å². The maximum absolute atomic E-state index is 12.7. The number of quaternary nitrogens is 1. The highest BCUT2D eigenvalue weighted by atomic mass is 35.5. The summed E-state index contributed by atoms with van der Waals surface area (Å²) in [6.45, 7) is 7.64. The lowest BCUT2D eigenvalue weighted by atomic mass is 10.2. The minimum Gasteiger partial charge on any atom is -0.347 e. The number of piperazine rings is 1. The quantitative estimate of drug-likeness (QED) is 0.678. The van der Waals surface area contributed by atoms with Crippen LogP contribution in [0, 0.1) is 0 Å². The summed E-state index contributed by atoms with van der Waals surface area (Å²) in [5, 5.41) is 3.29. The Hall–Kier alpha value is -1.12. The third-order valence-corrected chi connectivity index (χ3v) is 6.95. The van der Waals surface area contributed by atoms with Gasteiger partial charge in [-0.05, 0) is 25.1 Å². The van der Waals surface area contributed by atoms with Crippen molar-refractivity contribution in [2.45, 2.75) is 17.9 Å². The summed E-state index contributed by atoms with van der Waals surface area (Å²) < 4.78 is 26.9. The maximum Gasteiger partial charge on any atom is 0.278 e. The predicted molar refractivity (Wildman–Crippen MR) is 98.6 cm³/mol. The molecule has 2 N–H and O–H groups in total. The monoisotopic (exact) mass is 406 g/mol. The van der Waals surface area contributed by atoms with Gasteiger partial charge in [0.2, 0.25) is 10.0 Å². The zero-order chi connectivity index (χ0) is 18.6. The molecule has 0 radical (unpaired) electrons. The molecular weight excluding hydrogens is 385 g/mol. The van der Waals surface area contributed by atoms with Crippen LogP contribution >= 0.6 is 23.2 Å². The summed E-state index contributed by atoms with van der Waals surface area (Å²) in [4.78, 5) is 13.2. The topological polar surface area (TPSA) is 70.9 Å². The Labute approximate surface area is 158 Å². The number of carbonyl (C=O) groups is 1. The van der Waals surface area contributed by atoms with Crippen LogP contribution in [0.15, 0.2) is 35.7 Å². The van der Waals surface area contributed by atoms with Gasteiger partial charge in [-0.25, -0.2) is 8.42 Å². The molecule has 138 valence electrons. The minimum absolute atomic E-state index is 0.0595. The number of nitrogens with zero attached hydrogens (tertiary/aromatic N) is 1. The Morgan fingerprint density at radius 1 is 1.36 bits per heavy atom. The van der Waals surface area contributed by atoms with E-state index < -0.39 is 10.0 Å². The Bertz CT molecular complexity index is 747. The number of carbonyl (C=O) groups excluding carboxylic acids is 1. The van der Waals surface area contributed by atoms with Crippen LogP contribution in [0.25, 0.3) is 0 Å². The highest BCUT2D eigenvalue weighted by Gasteiger charge is 2.34. The van der Waals surface area contributed by atoms with Crippen LogP contribution in [-0.4, -0.2) is 57.4 Å². The molecule has 1 saturated heterocycles. The van der Waals surface area contributed by atoms with Gasteiger partial charge >= 0.3 is 0 Å². The van der Waals surface area contributed by atoms with E-state index in [4.69, 9.17) is 23.2 Å². The van der Waals surface area contributed by atoms with E-state index in [0.29, 0.717) is 37.7 Å². The molecule has 1 heterocycles. The van der Waals surface area contributed by atoms with Gasteiger partial charge in [-0.1, -0.05) is 29.3 Å². The van der Waals surface area contributed by atoms with Gasteiger partial charge in [0.05, 0.1) is 41.1 Å². The molecule has 1 atom stereocenters. The molecule has 1 aromatic rings. The predicted octanol–water partition coefficient (Wildman–Crippen LogP) is 0.573. The Morgan fingerprint density at radius 3 is 2.56 bits per heavy atom. The molecule has 0 aromatic heterocycles. The number of halogens is 2. The zero-order valence-electron chi connectivity index (χ0n) is 14.0. The number of nitrogens with one attached hydrogen (secondary N) is 2. The minimum atomic E-state index is -3.62.